The van der Waals surface area contributed by atoms with Gasteiger partial charge in [-0.05, 0) is 6.42 Å². The van der Waals surface area contributed by atoms with Gasteiger partial charge < -0.3 is 0 Å². The van der Waals surface area contributed by atoms with Crippen LogP contribution in [0, 0.1) is 10.1 Å². The van der Waals surface area contributed by atoms with Crippen molar-refractivity contribution in [1.82, 2.24) is 0 Å². The lowest BCUT2D eigenvalue weighted by molar-refractivity contribution is -0.384. The van der Waals surface area contributed by atoms with Crippen LogP contribution < -0.4 is 0 Å². The van der Waals surface area contributed by atoms with E-state index in [2.05, 4.69) is 0 Å². The van der Waals surface area contributed by atoms with Gasteiger partial charge in [-0.3, -0.25) is 10.1 Å². The van der Waals surface area contributed by atoms with Crippen LogP contribution in [0.15, 0.2) is 17.0 Å². The SMILES string of the molecule is CC(CCCl)Sc1c(Cl)cc([N+](=O)[O-])cc1Cl. The molecule has 0 aliphatic carbocycles. The highest BCUT2D eigenvalue weighted by Crippen LogP contribution is 2.39. The maximum absolute atomic E-state index is 10.6. The Hall–Kier alpha value is -0.160. The van der Waals surface area contributed by atoms with Crippen molar-refractivity contribution < 1.29 is 4.92 Å². The molecular weight excluding hydrogens is 305 g/mol. The normalized spacial score (nSPS) is 12.5. The number of non-ortho nitro benzene ring substituents is 1. The molecule has 0 N–H and O–H groups in total. The molecule has 0 spiro atoms. The van der Waals surface area contributed by atoms with Crippen molar-refractivity contribution in [2.24, 2.45) is 0 Å². The van der Waals surface area contributed by atoms with E-state index in [1.165, 1.54) is 23.9 Å². The molecule has 0 heterocycles. The summed E-state index contributed by atoms with van der Waals surface area (Å²) in [6, 6.07) is 2.62. The van der Waals surface area contributed by atoms with Crippen molar-refractivity contribution in [2.45, 2.75) is 23.5 Å². The zero-order chi connectivity index (χ0) is 13.0. The van der Waals surface area contributed by atoms with Crippen molar-refractivity contribution in [3.05, 3.63) is 32.3 Å². The third-order valence-corrected chi connectivity index (χ3v) is 4.38. The Bertz CT molecular complexity index is 405. The van der Waals surface area contributed by atoms with Crippen LogP contribution >= 0.6 is 46.6 Å². The van der Waals surface area contributed by atoms with Crippen molar-refractivity contribution >= 4 is 52.3 Å². The molecule has 0 aliphatic rings. The molecule has 1 aromatic rings. The molecule has 0 bridgehead atoms. The molecule has 94 valence electrons. The number of hydrogen-bond acceptors (Lipinski definition) is 3. The molecule has 0 aliphatic heterocycles. The third kappa shape index (κ3) is 4.21. The highest BCUT2D eigenvalue weighted by Gasteiger charge is 2.16. The van der Waals surface area contributed by atoms with Gasteiger partial charge in [0.15, 0.2) is 0 Å². The first-order valence-electron chi connectivity index (χ1n) is 4.81. The molecule has 0 radical (unpaired) electrons. The first kappa shape index (κ1) is 14.9. The lowest BCUT2D eigenvalue weighted by Crippen LogP contribution is -1.97. The van der Waals surface area contributed by atoms with E-state index in [0.717, 1.165) is 6.42 Å². The van der Waals surface area contributed by atoms with Crippen LogP contribution in [0.5, 0.6) is 0 Å². The van der Waals surface area contributed by atoms with Crippen molar-refractivity contribution in [3.8, 4) is 0 Å². The first-order chi connectivity index (χ1) is 7.95. The van der Waals surface area contributed by atoms with Crippen LogP contribution in [0.1, 0.15) is 13.3 Å². The molecule has 17 heavy (non-hydrogen) atoms. The second-order valence-corrected chi connectivity index (χ2v) is 6.04. The molecule has 1 aromatic carbocycles. The molecule has 1 atom stereocenters. The van der Waals surface area contributed by atoms with Gasteiger partial charge in [0.25, 0.3) is 5.69 Å². The predicted octanol–water partition coefficient (Wildman–Crippen LogP) is 5.01. The summed E-state index contributed by atoms with van der Waals surface area (Å²) in [6.45, 7) is 2.00. The number of halogens is 3. The lowest BCUT2D eigenvalue weighted by atomic mass is 10.3. The average Bonchev–Trinajstić information content (AvgIpc) is 2.23. The zero-order valence-corrected chi connectivity index (χ0v) is 12.0. The first-order valence-corrected chi connectivity index (χ1v) is 6.98. The molecular formula is C10H10Cl3NO2S. The predicted molar refractivity (Wildman–Crippen MR) is 73.8 cm³/mol. The van der Waals surface area contributed by atoms with E-state index < -0.39 is 4.92 Å². The molecule has 1 unspecified atom stereocenters. The summed E-state index contributed by atoms with van der Waals surface area (Å²) in [7, 11) is 0. The van der Waals surface area contributed by atoms with Gasteiger partial charge in [-0.1, -0.05) is 30.1 Å². The fourth-order valence-corrected chi connectivity index (χ4v) is 3.36. The van der Waals surface area contributed by atoms with E-state index in [0.29, 0.717) is 20.8 Å². The summed E-state index contributed by atoms with van der Waals surface area (Å²) in [4.78, 5) is 10.7. The number of benzene rings is 1. The number of nitrogens with zero attached hydrogens (tertiary/aromatic N) is 1. The number of nitro groups is 1. The summed E-state index contributed by atoms with van der Waals surface area (Å²) < 4.78 is 0. The van der Waals surface area contributed by atoms with Gasteiger partial charge in [0, 0.05) is 28.2 Å². The topological polar surface area (TPSA) is 43.1 Å². The minimum Gasteiger partial charge on any atom is -0.258 e. The van der Waals surface area contributed by atoms with Gasteiger partial charge in [-0.2, -0.15) is 0 Å². The number of nitro benzene ring substituents is 1. The fraction of sp³-hybridized carbons (Fsp3) is 0.400. The number of alkyl halides is 1. The van der Waals surface area contributed by atoms with Crippen LogP contribution in [-0.4, -0.2) is 16.1 Å². The molecule has 0 saturated heterocycles. The quantitative estimate of drug-likeness (QED) is 0.332. The molecule has 3 nitrogen and oxygen atoms in total. The average molecular weight is 315 g/mol. The van der Waals surface area contributed by atoms with Gasteiger partial charge in [0.2, 0.25) is 0 Å². The summed E-state index contributed by atoms with van der Waals surface area (Å²) in [5.41, 5.74) is -0.102. The van der Waals surface area contributed by atoms with E-state index in [1.54, 1.807) is 0 Å². The second kappa shape index (κ2) is 6.69. The Morgan fingerprint density at radius 3 is 2.35 bits per heavy atom. The van der Waals surface area contributed by atoms with Crippen LogP contribution in [0.2, 0.25) is 10.0 Å². The highest BCUT2D eigenvalue weighted by atomic mass is 35.5. The second-order valence-electron chi connectivity index (χ2n) is 3.40. The summed E-state index contributed by atoms with van der Waals surface area (Å²) in [5.74, 6) is 0.552. The minimum absolute atomic E-state index is 0.102. The van der Waals surface area contributed by atoms with E-state index >= 15 is 0 Å². The summed E-state index contributed by atoms with van der Waals surface area (Å²) >= 11 is 19.1. The molecule has 7 heteroatoms. The van der Waals surface area contributed by atoms with Gasteiger partial charge in [0.1, 0.15) is 0 Å². The smallest absolute Gasteiger partial charge is 0.258 e. The molecule has 1 rings (SSSR count). The van der Waals surface area contributed by atoms with Gasteiger partial charge in [0.05, 0.1) is 15.0 Å². The van der Waals surface area contributed by atoms with Gasteiger partial charge in [-0.25, -0.2) is 0 Å². The van der Waals surface area contributed by atoms with Crippen LogP contribution in [0.25, 0.3) is 0 Å². The van der Waals surface area contributed by atoms with Crippen LogP contribution in [0.3, 0.4) is 0 Å². The van der Waals surface area contributed by atoms with E-state index in [9.17, 15) is 10.1 Å². The van der Waals surface area contributed by atoms with Crippen molar-refractivity contribution in [3.63, 3.8) is 0 Å². The monoisotopic (exact) mass is 313 g/mol. The Morgan fingerprint density at radius 2 is 1.94 bits per heavy atom. The molecule has 0 amide bonds. The summed E-state index contributed by atoms with van der Waals surface area (Å²) in [5, 5.41) is 11.5. The van der Waals surface area contributed by atoms with Crippen LogP contribution in [0.4, 0.5) is 5.69 Å². The molecule has 0 saturated carbocycles. The fourth-order valence-electron chi connectivity index (χ4n) is 1.18. The van der Waals surface area contributed by atoms with Crippen molar-refractivity contribution in [1.29, 1.82) is 0 Å². The Balaban J connectivity index is 2.97. The Kier molecular flexibility index (Phi) is 5.86. The third-order valence-electron chi connectivity index (χ3n) is 2.03. The minimum atomic E-state index is -0.519. The maximum atomic E-state index is 10.6. The zero-order valence-electron chi connectivity index (χ0n) is 8.95. The Morgan fingerprint density at radius 1 is 1.41 bits per heavy atom. The Labute approximate surface area is 119 Å². The van der Waals surface area contributed by atoms with Crippen molar-refractivity contribution in [2.75, 3.05) is 5.88 Å². The standard InChI is InChI=1S/C10H10Cl3NO2S/c1-6(2-3-11)17-10-8(12)4-7(14(15)16)5-9(10)13/h4-6H,2-3H2,1H3. The summed E-state index contributed by atoms with van der Waals surface area (Å²) in [6.07, 6.45) is 0.815. The van der Waals surface area contributed by atoms with E-state index in [1.807, 2.05) is 6.92 Å². The highest BCUT2D eigenvalue weighted by molar-refractivity contribution is 8.00. The maximum Gasteiger partial charge on any atom is 0.272 e. The van der Waals surface area contributed by atoms with Gasteiger partial charge in [-0.15, -0.1) is 23.4 Å². The van der Waals surface area contributed by atoms with Crippen LogP contribution in [-0.2, 0) is 0 Å². The van der Waals surface area contributed by atoms with Gasteiger partial charge >= 0.3 is 0 Å². The largest absolute Gasteiger partial charge is 0.272 e. The number of rotatable bonds is 5. The number of thioether (sulfide) groups is 1. The number of hydrogen-bond donors (Lipinski definition) is 0. The molecule has 0 fully saturated rings. The van der Waals surface area contributed by atoms with E-state index in [-0.39, 0.29) is 10.9 Å². The van der Waals surface area contributed by atoms with E-state index in [4.69, 9.17) is 34.8 Å². The molecule has 0 aromatic heterocycles. The lowest BCUT2D eigenvalue weighted by Gasteiger charge is -2.12.